The molecule has 7 nitrogen and oxygen atoms in total. The maximum absolute atomic E-state index is 13.8. The number of fused-ring (bicyclic) bond motifs is 1. The molecule has 0 aliphatic carbocycles. The molecule has 3 heterocycles. The first-order valence-corrected chi connectivity index (χ1v) is 11.1. The van der Waals surface area contributed by atoms with Gasteiger partial charge in [0.2, 0.25) is 0 Å². The van der Waals surface area contributed by atoms with Crippen LogP contribution in [0, 0.1) is 5.82 Å². The molecular weight excluding hydrogens is 433 g/mol. The van der Waals surface area contributed by atoms with Crippen LogP contribution in [0.3, 0.4) is 0 Å². The minimum atomic E-state index is -0.425. The van der Waals surface area contributed by atoms with Crippen LogP contribution in [0.1, 0.15) is 21.5 Å². The second-order valence-electron chi connectivity index (χ2n) is 8.41. The van der Waals surface area contributed by atoms with Crippen LogP contribution in [0.2, 0.25) is 0 Å². The number of amides is 2. The van der Waals surface area contributed by atoms with Gasteiger partial charge in [0.1, 0.15) is 11.6 Å². The van der Waals surface area contributed by atoms with Gasteiger partial charge in [0.25, 0.3) is 11.8 Å². The summed E-state index contributed by atoms with van der Waals surface area (Å²) < 4.78 is 13.8. The molecule has 34 heavy (non-hydrogen) atoms. The summed E-state index contributed by atoms with van der Waals surface area (Å²) in [4.78, 5) is 34.4. The summed E-state index contributed by atoms with van der Waals surface area (Å²) in [6, 6.07) is 17.0. The Balaban J connectivity index is 1.52. The molecule has 0 radical (unpaired) electrons. The second kappa shape index (κ2) is 9.07. The monoisotopic (exact) mass is 457 g/mol. The fraction of sp³-hybridized carbons (Fsp3) is 0.192. The van der Waals surface area contributed by atoms with Gasteiger partial charge in [0.05, 0.1) is 17.0 Å². The summed E-state index contributed by atoms with van der Waals surface area (Å²) in [5, 5.41) is 6.00. The third kappa shape index (κ3) is 4.27. The van der Waals surface area contributed by atoms with Crippen molar-refractivity contribution in [1.82, 2.24) is 14.8 Å². The van der Waals surface area contributed by atoms with E-state index in [-0.39, 0.29) is 11.8 Å². The van der Waals surface area contributed by atoms with Crippen molar-refractivity contribution >= 4 is 34.6 Å². The van der Waals surface area contributed by atoms with Gasteiger partial charge < -0.3 is 20.4 Å². The summed E-state index contributed by atoms with van der Waals surface area (Å²) in [5.74, 6) is -0.371. The molecule has 2 amide bonds. The zero-order chi connectivity index (χ0) is 23.7. The van der Waals surface area contributed by atoms with Crippen LogP contribution in [-0.2, 0) is 4.79 Å². The number of hydrogen-bond donors (Lipinski definition) is 2. The number of benzene rings is 2. The number of hydrogen-bond acceptors (Lipinski definition) is 5. The van der Waals surface area contributed by atoms with E-state index in [1.54, 1.807) is 24.4 Å². The van der Waals surface area contributed by atoms with Gasteiger partial charge in [-0.2, -0.15) is 0 Å². The third-order valence-corrected chi connectivity index (χ3v) is 6.09. The van der Waals surface area contributed by atoms with Crippen LogP contribution < -0.4 is 10.6 Å². The number of piperazine rings is 1. The molecule has 0 spiro atoms. The lowest BCUT2D eigenvalue weighted by Crippen LogP contribution is -2.47. The van der Waals surface area contributed by atoms with Crippen molar-refractivity contribution < 1.29 is 14.0 Å². The molecule has 8 heteroatoms. The maximum Gasteiger partial charge on any atom is 0.258 e. The van der Waals surface area contributed by atoms with Crippen molar-refractivity contribution in [3.63, 3.8) is 0 Å². The van der Waals surface area contributed by atoms with Gasteiger partial charge in [-0.05, 0) is 42.9 Å². The third-order valence-electron chi connectivity index (χ3n) is 6.09. The smallest absolute Gasteiger partial charge is 0.258 e. The highest BCUT2D eigenvalue weighted by Crippen LogP contribution is 2.37. The van der Waals surface area contributed by atoms with E-state index < -0.39 is 5.82 Å². The van der Waals surface area contributed by atoms with E-state index in [4.69, 9.17) is 0 Å². The van der Waals surface area contributed by atoms with Gasteiger partial charge in [0, 0.05) is 43.5 Å². The van der Waals surface area contributed by atoms with Gasteiger partial charge in [-0.25, -0.2) is 9.37 Å². The van der Waals surface area contributed by atoms with Crippen LogP contribution in [0.5, 0.6) is 0 Å². The number of carbonyl (C=O) groups excluding carboxylic acids is 2. The van der Waals surface area contributed by atoms with Crippen LogP contribution in [0.25, 0.3) is 11.3 Å². The number of carbonyl (C=O) groups is 2. The first-order chi connectivity index (χ1) is 16.5. The molecular formula is C26H24FN5O2. The Labute approximate surface area is 196 Å². The number of halogens is 1. The fourth-order valence-electron chi connectivity index (χ4n) is 4.23. The molecule has 2 aromatic carbocycles. The van der Waals surface area contributed by atoms with Crippen LogP contribution in [0.4, 0.5) is 15.9 Å². The maximum atomic E-state index is 13.8. The Morgan fingerprint density at radius 2 is 1.76 bits per heavy atom. The van der Waals surface area contributed by atoms with Crippen molar-refractivity contribution in [3.8, 4) is 0 Å². The minimum Gasteiger partial charge on any atom is -0.339 e. The first kappa shape index (κ1) is 21.8. The van der Waals surface area contributed by atoms with Crippen LogP contribution in [0.15, 0.2) is 66.9 Å². The van der Waals surface area contributed by atoms with Gasteiger partial charge in [-0.3, -0.25) is 9.59 Å². The molecule has 0 bridgehead atoms. The highest BCUT2D eigenvalue weighted by Gasteiger charge is 2.29. The van der Waals surface area contributed by atoms with Crippen LogP contribution in [-0.4, -0.2) is 59.8 Å². The summed E-state index contributed by atoms with van der Waals surface area (Å²) in [5.41, 5.74) is 3.23. The van der Waals surface area contributed by atoms with Gasteiger partial charge in [-0.1, -0.05) is 30.3 Å². The summed E-state index contributed by atoms with van der Waals surface area (Å²) in [7, 11) is 2.04. The van der Waals surface area contributed by atoms with E-state index in [1.165, 1.54) is 12.1 Å². The van der Waals surface area contributed by atoms with Gasteiger partial charge >= 0.3 is 0 Å². The van der Waals surface area contributed by atoms with Gasteiger partial charge in [-0.15, -0.1) is 0 Å². The fourth-order valence-corrected chi connectivity index (χ4v) is 4.23. The Kier molecular flexibility index (Phi) is 5.81. The lowest BCUT2D eigenvalue weighted by molar-refractivity contribution is -0.110. The van der Waals surface area contributed by atoms with E-state index in [0.29, 0.717) is 47.0 Å². The van der Waals surface area contributed by atoms with Crippen molar-refractivity contribution in [1.29, 1.82) is 0 Å². The molecule has 0 atom stereocenters. The van der Waals surface area contributed by atoms with E-state index in [0.717, 1.165) is 18.7 Å². The predicted octanol–water partition coefficient (Wildman–Crippen LogP) is 3.54. The second-order valence-corrected chi connectivity index (χ2v) is 8.41. The Bertz CT molecular complexity index is 1280. The first-order valence-electron chi connectivity index (χ1n) is 11.1. The summed E-state index contributed by atoms with van der Waals surface area (Å²) >= 11 is 0. The average Bonchev–Trinajstić information content (AvgIpc) is 3.17. The van der Waals surface area contributed by atoms with E-state index in [1.807, 2.05) is 42.3 Å². The lowest BCUT2D eigenvalue weighted by Gasteiger charge is -2.32. The number of nitrogens with zero attached hydrogens (tertiary/aromatic N) is 3. The highest BCUT2D eigenvalue weighted by molar-refractivity contribution is 6.37. The Hall–Kier alpha value is -4.04. The van der Waals surface area contributed by atoms with Crippen molar-refractivity contribution in [2.24, 2.45) is 0 Å². The molecule has 2 N–H and O–H groups in total. The topological polar surface area (TPSA) is 77.6 Å². The predicted molar refractivity (Wildman–Crippen MR) is 130 cm³/mol. The summed E-state index contributed by atoms with van der Waals surface area (Å²) in [6.07, 6.45) is 1.58. The molecule has 2 aliphatic rings. The van der Waals surface area contributed by atoms with Gasteiger partial charge in [0.15, 0.2) is 0 Å². The van der Waals surface area contributed by atoms with Crippen LogP contribution >= 0.6 is 0 Å². The van der Waals surface area contributed by atoms with E-state index in [2.05, 4.69) is 20.5 Å². The van der Waals surface area contributed by atoms with Crippen molar-refractivity contribution in [3.05, 3.63) is 89.4 Å². The molecule has 1 fully saturated rings. The van der Waals surface area contributed by atoms with E-state index in [9.17, 15) is 14.0 Å². The standard InChI is InChI=1S/C26H24FN5O2/c1-31-11-13-32(14-12-31)26(34)18-9-10-28-22(15-18)30-24(17-5-3-2-4-6-17)23-20-8-7-19(27)16-21(20)29-25(23)33/h2-10,15-16H,11-14H2,1H3,(H,28,30)(H,29,33)/b24-23-. The zero-order valence-electron chi connectivity index (χ0n) is 18.7. The van der Waals surface area contributed by atoms with Crippen molar-refractivity contribution in [2.45, 2.75) is 0 Å². The zero-order valence-corrected chi connectivity index (χ0v) is 18.7. The lowest BCUT2D eigenvalue weighted by atomic mass is 10.00. The average molecular weight is 458 g/mol. The quantitative estimate of drug-likeness (QED) is 0.586. The summed E-state index contributed by atoms with van der Waals surface area (Å²) in [6.45, 7) is 3.02. The number of anilines is 2. The highest BCUT2D eigenvalue weighted by atomic mass is 19.1. The SMILES string of the molecule is CN1CCN(C(=O)c2ccnc(N/C(=C3\C(=O)Nc4cc(F)ccc43)c3ccccc3)c2)CC1. The van der Waals surface area contributed by atoms with Crippen molar-refractivity contribution in [2.75, 3.05) is 43.9 Å². The normalized spacial score (nSPS) is 17.2. The Morgan fingerprint density at radius 3 is 2.53 bits per heavy atom. The Morgan fingerprint density at radius 1 is 1.00 bits per heavy atom. The number of nitrogens with one attached hydrogen (secondary N) is 2. The number of pyridine rings is 1. The number of likely N-dealkylation sites (N-methyl/N-ethyl adjacent to an activating group) is 1. The molecule has 5 rings (SSSR count). The molecule has 0 saturated carbocycles. The largest absolute Gasteiger partial charge is 0.339 e. The number of rotatable bonds is 4. The molecule has 1 saturated heterocycles. The minimum absolute atomic E-state index is 0.0492. The molecule has 172 valence electrons. The van der Waals surface area contributed by atoms with E-state index >= 15 is 0 Å². The molecule has 1 aromatic heterocycles. The number of aromatic nitrogens is 1. The molecule has 2 aliphatic heterocycles. The molecule has 3 aromatic rings. The molecule has 0 unspecified atom stereocenters.